The lowest BCUT2D eigenvalue weighted by atomic mass is 9.94. The fourth-order valence-corrected chi connectivity index (χ4v) is 6.57. The zero-order valence-electron chi connectivity index (χ0n) is 22.8. The Morgan fingerprint density at radius 3 is 1.92 bits per heavy atom. The van der Waals surface area contributed by atoms with E-state index in [1.165, 1.54) is 6.92 Å². The Hall–Kier alpha value is -2.45. The van der Waals surface area contributed by atoms with Crippen LogP contribution in [-0.2, 0) is 24.0 Å². The lowest BCUT2D eigenvalue weighted by Gasteiger charge is -2.26. The number of hydrogen-bond acceptors (Lipinski definition) is 11. The van der Waals surface area contributed by atoms with Crippen molar-refractivity contribution in [1.82, 2.24) is 16.0 Å². The Kier molecular flexibility index (Phi) is 11.3. The highest BCUT2D eigenvalue weighted by Crippen LogP contribution is 2.45. The van der Waals surface area contributed by atoms with Gasteiger partial charge in [0.1, 0.15) is 17.2 Å². The van der Waals surface area contributed by atoms with Crippen LogP contribution in [0.25, 0.3) is 0 Å². The van der Waals surface area contributed by atoms with E-state index in [2.05, 4.69) is 25.8 Å². The van der Waals surface area contributed by atoms with Gasteiger partial charge in [0.15, 0.2) is 0 Å². The predicted molar refractivity (Wildman–Crippen MR) is 146 cm³/mol. The van der Waals surface area contributed by atoms with Crippen LogP contribution < -0.4 is 16.0 Å². The molecule has 1 saturated heterocycles. The van der Waals surface area contributed by atoms with Crippen molar-refractivity contribution in [3.05, 3.63) is 9.81 Å². The molecule has 1 heterocycles. The molecule has 2 aliphatic rings. The summed E-state index contributed by atoms with van der Waals surface area (Å²) in [4.78, 5) is 58.0. The molecule has 3 amide bonds. The number of nitrogens with zero attached hydrogens (tertiary/aromatic N) is 1. The average molecular weight is 575 g/mol. The summed E-state index contributed by atoms with van der Waals surface area (Å²) >= 11 is 3.44. The number of nitrogens with one attached hydrogen (secondary N) is 3. The van der Waals surface area contributed by atoms with Gasteiger partial charge in [0.25, 0.3) is 0 Å². The van der Waals surface area contributed by atoms with E-state index in [1.54, 1.807) is 65.1 Å². The number of thioether (sulfide) groups is 2. The van der Waals surface area contributed by atoms with Crippen molar-refractivity contribution in [2.45, 2.75) is 91.0 Å². The molecule has 0 aromatic rings. The van der Waals surface area contributed by atoms with Crippen LogP contribution in [-0.4, -0.2) is 70.1 Å². The van der Waals surface area contributed by atoms with Gasteiger partial charge in [0.2, 0.25) is 11.9 Å². The number of amides is 3. The third kappa shape index (κ3) is 10.7. The quantitative estimate of drug-likeness (QED) is 0.128. The van der Waals surface area contributed by atoms with Crippen molar-refractivity contribution in [3.63, 3.8) is 0 Å². The lowest BCUT2D eigenvalue weighted by Crippen LogP contribution is -2.50. The summed E-state index contributed by atoms with van der Waals surface area (Å²) in [5.74, 6) is -0.488. The van der Waals surface area contributed by atoms with Crippen LogP contribution in [0.5, 0.6) is 0 Å². The van der Waals surface area contributed by atoms with Gasteiger partial charge in [-0.25, -0.2) is 19.4 Å². The predicted octanol–water partition coefficient (Wildman–Crippen LogP) is 3.77. The largest absolute Gasteiger partial charge is 0.444 e. The molecule has 3 unspecified atom stereocenters. The second kappa shape index (κ2) is 13.6. The molecule has 1 aliphatic carbocycles. The lowest BCUT2D eigenvalue weighted by molar-refractivity contribution is -0.238. The first-order valence-electron chi connectivity index (χ1n) is 12.3. The summed E-state index contributed by atoms with van der Waals surface area (Å²) in [5, 5.41) is 16.6. The van der Waals surface area contributed by atoms with E-state index in [9.17, 15) is 19.2 Å². The number of carbonyl (C=O) groups excluding carboxylic acids is 4. The second-order valence-electron chi connectivity index (χ2n) is 10.9. The minimum absolute atomic E-state index is 0.238. The Morgan fingerprint density at radius 2 is 1.47 bits per heavy atom. The Balaban J connectivity index is 2.48. The number of rotatable bonds is 4. The third-order valence-corrected chi connectivity index (χ3v) is 7.93. The Morgan fingerprint density at radius 1 is 0.947 bits per heavy atom. The van der Waals surface area contributed by atoms with Gasteiger partial charge >= 0.3 is 18.2 Å². The van der Waals surface area contributed by atoms with Crippen molar-refractivity contribution in [2.75, 3.05) is 11.5 Å². The number of alkyl carbamates (subject to hydrolysis) is 2. The second-order valence-corrected chi connectivity index (χ2v) is 13.4. The summed E-state index contributed by atoms with van der Waals surface area (Å²) in [6.07, 6.45) is 0.144. The maximum Gasteiger partial charge on any atom is 0.414 e. The molecular formula is C24H38N4O8S2. The van der Waals surface area contributed by atoms with E-state index in [-0.39, 0.29) is 5.96 Å². The van der Waals surface area contributed by atoms with Crippen LogP contribution in [0.15, 0.2) is 14.8 Å². The SMILES string of the molecule is CC(=O)NC(C(=O)OO)C1CC(=C2SCCCS2)CC1N=C(NC(=O)OC(C)(C)C)NC(=O)OC(C)(C)C. The number of aliphatic imine (C=N–C) groups is 1. The van der Waals surface area contributed by atoms with Crippen molar-refractivity contribution in [2.24, 2.45) is 10.9 Å². The van der Waals surface area contributed by atoms with Gasteiger partial charge in [-0.1, -0.05) is 0 Å². The molecule has 214 valence electrons. The van der Waals surface area contributed by atoms with E-state index < -0.39 is 53.3 Å². The molecule has 2 fully saturated rings. The van der Waals surface area contributed by atoms with Crippen LogP contribution in [0.1, 0.15) is 67.7 Å². The molecule has 1 aliphatic heterocycles. The summed E-state index contributed by atoms with van der Waals surface area (Å²) in [6, 6.07) is -1.90. The van der Waals surface area contributed by atoms with Gasteiger partial charge in [-0.05, 0) is 77.9 Å². The summed E-state index contributed by atoms with van der Waals surface area (Å²) in [7, 11) is 0. The summed E-state index contributed by atoms with van der Waals surface area (Å²) in [5.41, 5.74) is -0.593. The number of hydrogen-bond donors (Lipinski definition) is 4. The Bertz CT molecular complexity index is 931. The van der Waals surface area contributed by atoms with E-state index in [0.29, 0.717) is 12.8 Å². The molecule has 0 aromatic carbocycles. The number of ether oxygens (including phenoxy) is 2. The molecule has 0 spiro atoms. The molecule has 14 heteroatoms. The van der Waals surface area contributed by atoms with E-state index >= 15 is 0 Å². The van der Waals surface area contributed by atoms with E-state index in [1.807, 2.05) is 0 Å². The van der Waals surface area contributed by atoms with Crippen LogP contribution >= 0.6 is 23.5 Å². The molecule has 38 heavy (non-hydrogen) atoms. The van der Waals surface area contributed by atoms with Gasteiger partial charge in [-0.3, -0.25) is 20.3 Å². The third-order valence-electron chi connectivity index (χ3n) is 5.14. The van der Waals surface area contributed by atoms with Crippen LogP contribution in [0.4, 0.5) is 9.59 Å². The van der Waals surface area contributed by atoms with Gasteiger partial charge < -0.3 is 14.8 Å². The fraction of sp³-hybridized carbons (Fsp3) is 0.708. The first-order chi connectivity index (χ1) is 17.6. The van der Waals surface area contributed by atoms with Gasteiger partial charge in [-0.2, -0.15) is 5.26 Å². The molecule has 0 radical (unpaired) electrons. The summed E-state index contributed by atoms with van der Waals surface area (Å²) < 4.78 is 11.7. The normalized spacial score (nSPS) is 20.6. The molecule has 12 nitrogen and oxygen atoms in total. The first kappa shape index (κ1) is 31.8. The highest BCUT2D eigenvalue weighted by atomic mass is 32.2. The smallest absolute Gasteiger partial charge is 0.414 e. The molecule has 3 atom stereocenters. The number of guanidine groups is 1. The summed E-state index contributed by atoms with van der Waals surface area (Å²) in [6.45, 7) is 11.4. The van der Waals surface area contributed by atoms with Gasteiger partial charge in [-0.15, -0.1) is 23.5 Å². The first-order valence-corrected chi connectivity index (χ1v) is 14.2. The van der Waals surface area contributed by atoms with Crippen molar-refractivity contribution < 1.29 is 38.8 Å². The minimum Gasteiger partial charge on any atom is -0.444 e. The highest BCUT2D eigenvalue weighted by molar-refractivity contribution is 8.22. The van der Waals surface area contributed by atoms with Crippen LogP contribution in [0.2, 0.25) is 0 Å². The maximum atomic E-state index is 12.6. The van der Waals surface area contributed by atoms with E-state index in [4.69, 9.17) is 14.7 Å². The zero-order valence-corrected chi connectivity index (χ0v) is 24.5. The van der Waals surface area contributed by atoms with Crippen molar-refractivity contribution >= 4 is 53.5 Å². The maximum absolute atomic E-state index is 12.6. The molecule has 0 aromatic heterocycles. The molecular weight excluding hydrogens is 536 g/mol. The standard InChI is InChI=1S/C24H38N4O8S2/c1-13(29)25-17(18(30)36-33)15-11-14(19-37-9-8-10-38-19)12-16(15)26-20(27-21(31)34-23(2,3)4)28-22(32)35-24(5,6)7/h15-17,33H,8-12H2,1-7H3,(H,25,29)(H2,26,27,28,31,32). The minimum atomic E-state index is -1.22. The van der Waals surface area contributed by atoms with E-state index in [0.717, 1.165) is 27.7 Å². The Labute approximate surface area is 231 Å². The molecule has 2 rings (SSSR count). The topological polar surface area (TPSA) is 165 Å². The monoisotopic (exact) mass is 574 g/mol. The highest BCUT2D eigenvalue weighted by Gasteiger charge is 2.43. The van der Waals surface area contributed by atoms with Gasteiger partial charge in [0, 0.05) is 17.1 Å². The molecule has 0 bridgehead atoms. The van der Waals surface area contributed by atoms with Crippen LogP contribution in [0.3, 0.4) is 0 Å². The van der Waals surface area contributed by atoms with Crippen LogP contribution in [0, 0.1) is 5.92 Å². The molecule has 4 N–H and O–H groups in total. The molecule has 1 saturated carbocycles. The number of carbonyl (C=O) groups is 4. The van der Waals surface area contributed by atoms with Crippen molar-refractivity contribution in [1.29, 1.82) is 0 Å². The fourth-order valence-electron chi connectivity index (χ4n) is 3.87. The average Bonchev–Trinajstić information content (AvgIpc) is 3.18. The van der Waals surface area contributed by atoms with Crippen molar-refractivity contribution in [3.8, 4) is 0 Å². The van der Waals surface area contributed by atoms with Gasteiger partial charge in [0.05, 0.1) is 6.04 Å². The zero-order chi connectivity index (χ0) is 28.7.